The van der Waals surface area contributed by atoms with Crippen LogP contribution in [0.5, 0.6) is 0 Å². The largest absolute Gasteiger partial charge is 0.0805 e. The van der Waals surface area contributed by atoms with Crippen molar-refractivity contribution in [3.05, 3.63) is 48.1 Å². The zero-order valence-electron chi connectivity index (χ0n) is 21.1. The van der Waals surface area contributed by atoms with Gasteiger partial charge in [0.1, 0.15) is 0 Å². The Balaban J connectivity index is 1.68. The van der Waals surface area contributed by atoms with Crippen LogP contribution in [0.3, 0.4) is 0 Å². The molecule has 0 aromatic carbocycles. The van der Waals surface area contributed by atoms with E-state index >= 15 is 0 Å². The summed E-state index contributed by atoms with van der Waals surface area (Å²) < 4.78 is 0. The minimum atomic E-state index is 0.235. The summed E-state index contributed by atoms with van der Waals surface area (Å²) in [5, 5.41) is 0. The molecule has 166 valence electrons. The van der Waals surface area contributed by atoms with E-state index in [0.717, 1.165) is 23.7 Å². The fourth-order valence-corrected chi connectivity index (χ4v) is 7.82. The SMILES string of the molecule is CC1CC(C(C)(C)C)CC1C(C)(C)C1C2C=CC=CC2C2C=C(C(C)(C)C)C=CC21. The molecule has 0 N–H and O–H groups in total. The molecule has 2 fully saturated rings. The summed E-state index contributed by atoms with van der Waals surface area (Å²) in [6.07, 6.45) is 20.3. The maximum atomic E-state index is 2.66. The summed E-state index contributed by atoms with van der Waals surface area (Å²) >= 11 is 0. The third-order valence-corrected chi connectivity index (χ3v) is 9.60. The lowest BCUT2D eigenvalue weighted by Crippen LogP contribution is -2.39. The van der Waals surface area contributed by atoms with Crippen molar-refractivity contribution in [1.29, 1.82) is 0 Å². The summed E-state index contributed by atoms with van der Waals surface area (Å²) in [6, 6.07) is 0. The van der Waals surface area contributed by atoms with Crippen molar-refractivity contribution < 1.29 is 0 Å². The van der Waals surface area contributed by atoms with Gasteiger partial charge in [-0.3, -0.25) is 0 Å². The number of hydrogen-bond acceptors (Lipinski definition) is 0. The van der Waals surface area contributed by atoms with Crippen LogP contribution in [0.25, 0.3) is 0 Å². The maximum Gasteiger partial charge on any atom is -0.00925 e. The van der Waals surface area contributed by atoms with E-state index in [1.165, 1.54) is 18.4 Å². The molecule has 4 aliphatic carbocycles. The van der Waals surface area contributed by atoms with Gasteiger partial charge in [0.05, 0.1) is 0 Å². The summed E-state index contributed by atoms with van der Waals surface area (Å²) in [7, 11) is 0. The van der Waals surface area contributed by atoms with Gasteiger partial charge in [-0.1, -0.05) is 105 Å². The van der Waals surface area contributed by atoms with Crippen LogP contribution in [0.15, 0.2) is 48.1 Å². The van der Waals surface area contributed by atoms with Crippen molar-refractivity contribution in [3.8, 4) is 0 Å². The van der Waals surface area contributed by atoms with E-state index in [9.17, 15) is 0 Å². The molecule has 0 radical (unpaired) electrons. The molecular weight excluding hydrogens is 360 g/mol. The first-order chi connectivity index (χ1) is 13.8. The third-order valence-electron chi connectivity index (χ3n) is 9.60. The Morgan fingerprint density at radius 2 is 1.33 bits per heavy atom. The molecule has 0 bridgehead atoms. The smallest absolute Gasteiger partial charge is 0.00925 e. The lowest BCUT2D eigenvalue weighted by atomic mass is 9.59. The Hall–Kier alpha value is -1.04. The number of rotatable bonds is 2. The Morgan fingerprint density at radius 1 is 0.733 bits per heavy atom. The molecule has 0 aromatic rings. The quantitative estimate of drug-likeness (QED) is 0.431. The molecule has 2 saturated carbocycles. The molecule has 0 aliphatic heterocycles. The van der Waals surface area contributed by atoms with Gasteiger partial charge in [0.25, 0.3) is 0 Å². The lowest BCUT2D eigenvalue weighted by Gasteiger charge is -2.45. The van der Waals surface area contributed by atoms with Crippen LogP contribution in [-0.2, 0) is 0 Å². The number of fused-ring (bicyclic) bond motifs is 3. The van der Waals surface area contributed by atoms with Crippen LogP contribution in [-0.4, -0.2) is 0 Å². The Labute approximate surface area is 187 Å². The van der Waals surface area contributed by atoms with Gasteiger partial charge in [-0.05, 0) is 82.0 Å². The van der Waals surface area contributed by atoms with Crippen LogP contribution < -0.4 is 0 Å². The van der Waals surface area contributed by atoms with Crippen LogP contribution in [0.2, 0.25) is 0 Å². The predicted molar refractivity (Wildman–Crippen MR) is 131 cm³/mol. The summed E-state index contributed by atoms with van der Waals surface area (Å²) in [5.41, 5.74) is 2.56. The van der Waals surface area contributed by atoms with Crippen molar-refractivity contribution >= 4 is 0 Å². The van der Waals surface area contributed by atoms with Gasteiger partial charge in [-0.15, -0.1) is 0 Å². The molecule has 4 rings (SSSR count). The van der Waals surface area contributed by atoms with Crippen molar-refractivity contribution in [3.63, 3.8) is 0 Å². The molecule has 0 saturated heterocycles. The standard InChI is InChI=1S/C30H46/c1-19-16-21(29(5,6)7)18-26(19)30(8,9)27-23-13-11-10-12-22(23)25-17-20(28(2,3)4)14-15-24(25)27/h10-15,17,19,21-27H,16,18H2,1-9H3. The average Bonchev–Trinajstić information content (AvgIpc) is 3.19. The highest BCUT2D eigenvalue weighted by Gasteiger charge is 2.57. The van der Waals surface area contributed by atoms with Crippen molar-refractivity contribution in [2.45, 2.75) is 75.2 Å². The highest BCUT2D eigenvalue weighted by Crippen LogP contribution is 2.63. The monoisotopic (exact) mass is 406 g/mol. The fourth-order valence-electron chi connectivity index (χ4n) is 7.82. The molecule has 0 spiro atoms. The van der Waals surface area contributed by atoms with E-state index in [0.29, 0.717) is 34.5 Å². The van der Waals surface area contributed by atoms with E-state index in [1.807, 2.05) is 0 Å². The van der Waals surface area contributed by atoms with Gasteiger partial charge in [-0.25, -0.2) is 0 Å². The van der Waals surface area contributed by atoms with Crippen LogP contribution in [0, 0.1) is 63.6 Å². The van der Waals surface area contributed by atoms with Crippen LogP contribution >= 0.6 is 0 Å². The molecule has 0 amide bonds. The molecule has 0 heteroatoms. The molecule has 0 heterocycles. The second-order valence-corrected chi connectivity index (χ2v) is 13.8. The minimum Gasteiger partial charge on any atom is -0.0805 e. The highest BCUT2D eigenvalue weighted by molar-refractivity contribution is 5.36. The topological polar surface area (TPSA) is 0 Å². The van der Waals surface area contributed by atoms with E-state index in [1.54, 1.807) is 0 Å². The lowest BCUT2D eigenvalue weighted by molar-refractivity contribution is 0.0497. The summed E-state index contributed by atoms with van der Waals surface area (Å²) in [6.45, 7) is 22.3. The third kappa shape index (κ3) is 3.61. The van der Waals surface area contributed by atoms with E-state index < -0.39 is 0 Å². The molecule has 0 aromatic heterocycles. The van der Waals surface area contributed by atoms with Crippen molar-refractivity contribution in [2.75, 3.05) is 0 Å². The van der Waals surface area contributed by atoms with Gasteiger partial charge >= 0.3 is 0 Å². The van der Waals surface area contributed by atoms with E-state index in [4.69, 9.17) is 0 Å². The van der Waals surface area contributed by atoms with Gasteiger partial charge in [0, 0.05) is 0 Å². The first-order valence-electron chi connectivity index (χ1n) is 12.6. The zero-order chi connectivity index (χ0) is 22.1. The zero-order valence-corrected chi connectivity index (χ0v) is 21.1. The normalized spacial score (nSPS) is 41.0. The second-order valence-electron chi connectivity index (χ2n) is 13.8. The van der Waals surface area contributed by atoms with Gasteiger partial charge < -0.3 is 0 Å². The molecule has 4 aliphatic rings. The Morgan fingerprint density at radius 3 is 1.90 bits per heavy atom. The number of hydrogen-bond donors (Lipinski definition) is 0. The highest BCUT2D eigenvalue weighted by atomic mass is 14.6. The Bertz CT molecular complexity index is 772. The van der Waals surface area contributed by atoms with Gasteiger partial charge in [0.15, 0.2) is 0 Å². The average molecular weight is 407 g/mol. The van der Waals surface area contributed by atoms with Gasteiger partial charge in [-0.2, -0.15) is 0 Å². The molecule has 0 nitrogen and oxygen atoms in total. The van der Waals surface area contributed by atoms with Crippen molar-refractivity contribution in [2.24, 2.45) is 63.6 Å². The Kier molecular flexibility index (Phi) is 5.35. The van der Waals surface area contributed by atoms with Crippen LogP contribution in [0.4, 0.5) is 0 Å². The molecule has 8 atom stereocenters. The van der Waals surface area contributed by atoms with Crippen LogP contribution in [0.1, 0.15) is 75.2 Å². The van der Waals surface area contributed by atoms with E-state index in [-0.39, 0.29) is 5.41 Å². The second kappa shape index (κ2) is 7.25. The first kappa shape index (κ1) is 22.2. The summed E-state index contributed by atoms with van der Waals surface area (Å²) in [4.78, 5) is 0. The first-order valence-corrected chi connectivity index (χ1v) is 12.6. The maximum absolute atomic E-state index is 2.66. The minimum absolute atomic E-state index is 0.235. The number of allylic oxidation sites excluding steroid dienone is 8. The summed E-state index contributed by atoms with van der Waals surface area (Å²) in [5.74, 6) is 5.94. The van der Waals surface area contributed by atoms with Gasteiger partial charge in [0.2, 0.25) is 0 Å². The molecule has 8 unspecified atom stereocenters. The van der Waals surface area contributed by atoms with E-state index in [2.05, 4.69) is 105 Å². The molecule has 30 heavy (non-hydrogen) atoms. The fraction of sp³-hybridized carbons (Fsp3) is 0.733. The molecular formula is C30H46. The predicted octanol–water partition coefficient (Wildman–Crippen LogP) is 8.48. The van der Waals surface area contributed by atoms with Crippen molar-refractivity contribution in [1.82, 2.24) is 0 Å².